The second-order valence-electron chi connectivity index (χ2n) is 10.9. The SMILES string of the molecule is c1ccc(-c2ccc(N(c3ccc4oc5ccccc5c4c3)c3cccc4sc5cc6ccncc6cc5c34)cc2)cc1. The summed E-state index contributed by atoms with van der Waals surface area (Å²) >= 11 is 1.84. The molecule has 0 radical (unpaired) electrons. The van der Waals surface area contributed by atoms with Crippen LogP contribution in [0.4, 0.5) is 17.1 Å². The lowest BCUT2D eigenvalue weighted by atomic mass is 10.0. The number of nitrogens with zero attached hydrogens (tertiary/aromatic N) is 2. The van der Waals surface area contributed by atoms with E-state index in [0.29, 0.717) is 0 Å². The minimum Gasteiger partial charge on any atom is -0.456 e. The molecule has 3 heterocycles. The molecule has 202 valence electrons. The molecule has 0 amide bonds. The van der Waals surface area contributed by atoms with Gasteiger partial charge >= 0.3 is 0 Å². The van der Waals surface area contributed by atoms with Crippen LogP contribution < -0.4 is 4.90 Å². The molecule has 0 fully saturated rings. The molecular formula is C39H24N2OS. The summed E-state index contributed by atoms with van der Waals surface area (Å²) in [6, 6.07) is 47.5. The van der Waals surface area contributed by atoms with Crippen LogP contribution in [0.1, 0.15) is 0 Å². The van der Waals surface area contributed by atoms with Gasteiger partial charge in [-0.15, -0.1) is 11.3 Å². The fourth-order valence-electron chi connectivity index (χ4n) is 6.29. The molecule has 0 aliphatic heterocycles. The van der Waals surface area contributed by atoms with Crippen molar-refractivity contribution in [1.29, 1.82) is 0 Å². The van der Waals surface area contributed by atoms with Crippen LogP contribution in [0.25, 0.3) is 64.0 Å². The molecule has 0 aliphatic rings. The normalized spacial score (nSPS) is 11.7. The summed E-state index contributed by atoms with van der Waals surface area (Å²) in [6.45, 7) is 0. The number of fused-ring (bicyclic) bond motifs is 7. The first-order chi connectivity index (χ1) is 21.3. The first kappa shape index (κ1) is 24.2. The second-order valence-corrected chi connectivity index (χ2v) is 11.9. The molecule has 9 aromatic rings. The maximum absolute atomic E-state index is 6.20. The van der Waals surface area contributed by atoms with Gasteiger partial charge in [-0.1, -0.05) is 66.7 Å². The molecule has 0 unspecified atom stereocenters. The van der Waals surface area contributed by atoms with Crippen molar-refractivity contribution in [2.45, 2.75) is 0 Å². The summed E-state index contributed by atoms with van der Waals surface area (Å²) < 4.78 is 8.73. The highest BCUT2D eigenvalue weighted by Gasteiger charge is 2.20. The molecule has 9 rings (SSSR count). The first-order valence-corrected chi connectivity index (χ1v) is 15.2. The van der Waals surface area contributed by atoms with Gasteiger partial charge in [0.15, 0.2) is 0 Å². The zero-order valence-electron chi connectivity index (χ0n) is 23.1. The molecule has 0 N–H and O–H groups in total. The molecule has 3 nitrogen and oxygen atoms in total. The van der Waals surface area contributed by atoms with Crippen molar-refractivity contribution in [3.8, 4) is 11.1 Å². The topological polar surface area (TPSA) is 29.3 Å². The van der Waals surface area contributed by atoms with Crippen molar-refractivity contribution in [1.82, 2.24) is 4.98 Å². The third kappa shape index (κ3) is 3.92. The molecule has 0 saturated heterocycles. The van der Waals surface area contributed by atoms with Crippen molar-refractivity contribution >= 4 is 81.3 Å². The van der Waals surface area contributed by atoms with Crippen LogP contribution in [-0.2, 0) is 0 Å². The Morgan fingerprint density at radius 3 is 2.23 bits per heavy atom. The Bertz CT molecular complexity index is 2460. The molecule has 4 heteroatoms. The minimum atomic E-state index is 0.891. The Labute approximate surface area is 251 Å². The average molecular weight is 569 g/mol. The Kier molecular flexibility index (Phi) is 5.37. The number of benzene rings is 6. The van der Waals surface area contributed by atoms with Crippen molar-refractivity contribution < 1.29 is 4.42 Å². The number of furan rings is 1. The van der Waals surface area contributed by atoms with Gasteiger partial charge in [0.2, 0.25) is 0 Å². The smallest absolute Gasteiger partial charge is 0.135 e. The fraction of sp³-hybridized carbons (Fsp3) is 0. The van der Waals surface area contributed by atoms with E-state index in [-0.39, 0.29) is 0 Å². The maximum atomic E-state index is 6.20. The summed E-state index contributed by atoms with van der Waals surface area (Å²) in [5, 5.41) is 7.08. The Morgan fingerprint density at radius 1 is 0.535 bits per heavy atom. The zero-order chi connectivity index (χ0) is 28.3. The highest BCUT2D eigenvalue weighted by molar-refractivity contribution is 7.26. The largest absolute Gasteiger partial charge is 0.456 e. The first-order valence-electron chi connectivity index (χ1n) is 14.4. The highest BCUT2D eigenvalue weighted by Crippen LogP contribution is 2.46. The quantitative estimate of drug-likeness (QED) is 0.211. The van der Waals surface area contributed by atoms with Crippen molar-refractivity contribution in [3.63, 3.8) is 0 Å². The van der Waals surface area contributed by atoms with Gasteiger partial charge in [0.1, 0.15) is 11.2 Å². The predicted octanol–water partition coefficient (Wildman–Crippen LogP) is 11.6. The lowest BCUT2D eigenvalue weighted by molar-refractivity contribution is 0.669. The minimum absolute atomic E-state index is 0.891. The predicted molar refractivity (Wildman–Crippen MR) is 182 cm³/mol. The van der Waals surface area contributed by atoms with Gasteiger partial charge in [0.05, 0.1) is 5.69 Å². The summed E-state index contributed by atoms with van der Waals surface area (Å²) in [5.41, 5.74) is 7.52. The van der Waals surface area contributed by atoms with E-state index in [1.807, 2.05) is 35.9 Å². The number of pyridine rings is 1. The van der Waals surface area contributed by atoms with Gasteiger partial charge in [-0.2, -0.15) is 0 Å². The van der Waals surface area contributed by atoms with Crippen LogP contribution in [0.3, 0.4) is 0 Å². The molecule has 0 saturated carbocycles. The summed E-state index contributed by atoms with van der Waals surface area (Å²) in [5.74, 6) is 0. The van der Waals surface area contributed by atoms with Crippen LogP contribution in [-0.4, -0.2) is 4.98 Å². The maximum Gasteiger partial charge on any atom is 0.135 e. The molecule has 43 heavy (non-hydrogen) atoms. The van der Waals surface area contributed by atoms with E-state index in [0.717, 1.165) is 44.4 Å². The van der Waals surface area contributed by atoms with E-state index in [1.165, 1.54) is 36.7 Å². The van der Waals surface area contributed by atoms with Crippen molar-refractivity contribution in [2.75, 3.05) is 4.90 Å². The molecule has 0 bridgehead atoms. The van der Waals surface area contributed by atoms with Gasteiger partial charge in [0, 0.05) is 60.1 Å². The fourth-order valence-corrected chi connectivity index (χ4v) is 7.45. The van der Waals surface area contributed by atoms with Crippen molar-refractivity contribution in [3.05, 3.63) is 146 Å². The van der Waals surface area contributed by atoms with Crippen LogP contribution in [0.2, 0.25) is 0 Å². The zero-order valence-corrected chi connectivity index (χ0v) is 23.9. The van der Waals surface area contributed by atoms with Gasteiger partial charge in [-0.05, 0) is 83.2 Å². The van der Waals surface area contributed by atoms with Gasteiger partial charge in [0.25, 0.3) is 0 Å². The van der Waals surface area contributed by atoms with Crippen molar-refractivity contribution in [2.24, 2.45) is 0 Å². The van der Waals surface area contributed by atoms with Gasteiger partial charge in [-0.25, -0.2) is 0 Å². The van der Waals surface area contributed by atoms with E-state index in [9.17, 15) is 0 Å². The Hall–Kier alpha value is -5.45. The van der Waals surface area contributed by atoms with Crippen LogP contribution in [0.5, 0.6) is 0 Å². The second kappa shape index (κ2) is 9.55. The van der Waals surface area contributed by atoms with E-state index >= 15 is 0 Å². The molecular weight excluding hydrogens is 545 g/mol. The number of thiophene rings is 1. The monoisotopic (exact) mass is 568 g/mol. The van der Waals surface area contributed by atoms with E-state index in [1.54, 1.807) is 0 Å². The average Bonchev–Trinajstić information content (AvgIpc) is 3.62. The Morgan fingerprint density at radius 2 is 1.33 bits per heavy atom. The van der Waals surface area contributed by atoms with Gasteiger partial charge in [-0.3, -0.25) is 4.98 Å². The van der Waals surface area contributed by atoms with E-state index < -0.39 is 0 Å². The summed E-state index contributed by atoms with van der Waals surface area (Å²) in [7, 11) is 0. The summed E-state index contributed by atoms with van der Waals surface area (Å²) in [6.07, 6.45) is 3.82. The number of hydrogen-bond acceptors (Lipinski definition) is 4. The third-order valence-electron chi connectivity index (χ3n) is 8.32. The molecule has 0 aliphatic carbocycles. The van der Waals surface area contributed by atoms with E-state index in [4.69, 9.17) is 4.42 Å². The third-order valence-corrected chi connectivity index (χ3v) is 9.44. The number of anilines is 3. The van der Waals surface area contributed by atoms with Crippen LogP contribution in [0, 0.1) is 0 Å². The highest BCUT2D eigenvalue weighted by atomic mass is 32.1. The molecule has 6 aromatic carbocycles. The van der Waals surface area contributed by atoms with Crippen LogP contribution in [0.15, 0.2) is 150 Å². The van der Waals surface area contributed by atoms with Crippen LogP contribution >= 0.6 is 11.3 Å². The molecule has 0 spiro atoms. The lowest BCUT2D eigenvalue weighted by Gasteiger charge is -2.27. The summed E-state index contributed by atoms with van der Waals surface area (Å²) in [4.78, 5) is 6.79. The molecule has 0 atom stereocenters. The lowest BCUT2D eigenvalue weighted by Crippen LogP contribution is -2.10. The van der Waals surface area contributed by atoms with Gasteiger partial charge < -0.3 is 9.32 Å². The van der Waals surface area contributed by atoms with E-state index in [2.05, 4.69) is 131 Å². The molecule has 3 aromatic heterocycles. The number of rotatable bonds is 4. The standard InChI is InChI=1S/C39H24N2OS/c1-2-7-25(8-3-1)26-13-15-29(16-14-26)41(30-17-18-36-32(23-30)31-9-4-5-11-35(31)42-36)34-10-6-12-37-39(34)33-21-28-24-40-20-19-27(28)22-38(33)43-37/h1-24H. The number of para-hydroxylation sites is 1. The number of aromatic nitrogens is 1. The Balaban J connectivity index is 1.31. The number of hydrogen-bond donors (Lipinski definition) is 0.